The van der Waals surface area contributed by atoms with Gasteiger partial charge in [0, 0.05) is 75.5 Å². The van der Waals surface area contributed by atoms with E-state index in [1.807, 2.05) is 33.0 Å². The molecule has 11 heteroatoms. The lowest BCUT2D eigenvalue weighted by molar-refractivity contribution is 0.0713. The third-order valence-electron chi connectivity index (χ3n) is 8.19. The van der Waals surface area contributed by atoms with Crippen LogP contribution in [0.1, 0.15) is 75.0 Å². The summed E-state index contributed by atoms with van der Waals surface area (Å²) in [5.74, 6) is 1.02. The molecule has 3 aromatic rings. The fraction of sp³-hybridized carbons (Fsp3) is 0.531. The first-order valence-corrected chi connectivity index (χ1v) is 15.4. The molecule has 43 heavy (non-hydrogen) atoms. The highest BCUT2D eigenvalue weighted by atomic mass is 19.1. The van der Waals surface area contributed by atoms with Gasteiger partial charge in [-0.3, -0.25) is 14.7 Å². The van der Waals surface area contributed by atoms with Crippen LogP contribution in [-0.4, -0.2) is 80.7 Å². The van der Waals surface area contributed by atoms with Gasteiger partial charge in [-0.15, -0.1) is 10.2 Å². The van der Waals surface area contributed by atoms with Crippen molar-refractivity contribution in [1.82, 2.24) is 30.0 Å². The SMILES string of the molecule is CCCCN1CCc2nccc(OC3CCN(c4ncnnc4Oc4ccc(F)cc4C(=O)N(CC)C(C)C)CC3)c2C1. The Labute approximate surface area is 253 Å². The number of fused-ring (bicyclic) bond motifs is 1. The van der Waals surface area contributed by atoms with Crippen molar-refractivity contribution in [2.45, 2.75) is 78.5 Å². The molecule has 1 fully saturated rings. The van der Waals surface area contributed by atoms with Crippen molar-refractivity contribution in [2.24, 2.45) is 0 Å². The van der Waals surface area contributed by atoms with E-state index in [1.165, 1.54) is 42.9 Å². The van der Waals surface area contributed by atoms with Crippen LogP contribution in [0, 0.1) is 5.82 Å². The molecule has 0 aliphatic carbocycles. The van der Waals surface area contributed by atoms with E-state index in [-0.39, 0.29) is 35.2 Å². The first kappa shape index (κ1) is 30.6. The molecular formula is C32H42FN7O3. The maximum atomic E-state index is 14.2. The average molecular weight is 592 g/mol. The van der Waals surface area contributed by atoms with Crippen LogP contribution < -0.4 is 14.4 Å². The van der Waals surface area contributed by atoms with Gasteiger partial charge in [0.25, 0.3) is 11.8 Å². The number of carbonyl (C=O) groups is 1. The van der Waals surface area contributed by atoms with Crippen molar-refractivity contribution >= 4 is 11.7 Å². The van der Waals surface area contributed by atoms with Crippen LogP contribution in [0.5, 0.6) is 17.4 Å². The second kappa shape index (κ2) is 14.1. The molecule has 0 unspecified atom stereocenters. The monoisotopic (exact) mass is 591 g/mol. The van der Waals surface area contributed by atoms with Gasteiger partial charge in [-0.1, -0.05) is 13.3 Å². The molecule has 0 radical (unpaired) electrons. The summed E-state index contributed by atoms with van der Waals surface area (Å²) in [5, 5.41) is 8.13. The van der Waals surface area contributed by atoms with Crippen molar-refractivity contribution < 1.29 is 18.7 Å². The number of aromatic nitrogens is 4. The highest BCUT2D eigenvalue weighted by Gasteiger charge is 2.28. The van der Waals surface area contributed by atoms with Crippen LogP contribution in [-0.2, 0) is 13.0 Å². The number of hydrogen-bond acceptors (Lipinski definition) is 9. The van der Waals surface area contributed by atoms with E-state index in [0.29, 0.717) is 25.5 Å². The maximum Gasteiger partial charge on any atom is 0.282 e. The van der Waals surface area contributed by atoms with Crippen LogP contribution in [0.25, 0.3) is 0 Å². The van der Waals surface area contributed by atoms with Gasteiger partial charge in [0.1, 0.15) is 29.7 Å². The van der Waals surface area contributed by atoms with Gasteiger partial charge >= 0.3 is 0 Å². The fourth-order valence-corrected chi connectivity index (χ4v) is 5.82. The minimum atomic E-state index is -0.515. The molecule has 1 saturated heterocycles. The molecule has 0 bridgehead atoms. The summed E-state index contributed by atoms with van der Waals surface area (Å²) in [7, 11) is 0. The lowest BCUT2D eigenvalue weighted by Crippen LogP contribution is -2.39. The number of ether oxygens (including phenoxy) is 2. The molecule has 2 aromatic heterocycles. The quantitative estimate of drug-likeness (QED) is 0.295. The number of nitrogens with zero attached hydrogens (tertiary/aromatic N) is 7. The summed E-state index contributed by atoms with van der Waals surface area (Å²) < 4.78 is 27.0. The lowest BCUT2D eigenvalue weighted by atomic mass is 10.0. The zero-order valence-electron chi connectivity index (χ0n) is 25.6. The van der Waals surface area contributed by atoms with Crippen LogP contribution in [0.3, 0.4) is 0 Å². The van der Waals surface area contributed by atoms with Gasteiger partial charge in [-0.05, 0) is 58.0 Å². The van der Waals surface area contributed by atoms with E-state index < -0.39 is 5.82 Å². The Balaban J connectivity index is 1.27. The van der Waals surface area contributed by atoms with Crippen LogP contribution in [0.4, 0.5) is 10.2 Å². The number of amides is 1. The van der Waals surface area contributed by atoms with E-state index in [0.717, 1.165) is 50.3 Å². The van der Waals surface area contributed by atoms with Crippen molar-refractivity contribution in [1.29, 1.82) is 0 Å². The molecule has 0 saturated carbocycles. The van der Waals surface area contributed by atoms with E-state index in [9.17, 15) is 9.18 Å². The number of rotatable bonds is 11. The first-order chi connectivity index (χ1) is 20.9. The maximum absolute atomic E-state index is 14.2. The molecule has 2 aliphatic rings. The van der Waals surface area contributed by atoms with Crippen molar-refractivity contribution in [3.8, 4) is 17.4 Å². The number of unbranched alkanes of at least 4 members (excludes halogenated alkanes) is 1. The van der Waals surface area contributed by atoms with E-state index in [4.69, 9.17) is 9.47 Å². The molecule has 230 valence electrons. The van der Waals surface area contributed by atoms with Crippen molar-refractivity contribution in [3.05, 3.63) is 59.4 Å². The molecule has 4 heterocycles. The van der Waals surface area contributed by atoms with Crippen molar-refractivity contribution in [2.75, 3.05) is 37.6 Å². The summed E-state index contributed by atoms with van der Waals surface area (Å²) >= 11 is 0. The summed E-state index contributed by atoms with van der Waals surface area (Å²) in [6, 6.07) is 5.87. The predicted molar refractivity (Wildman–Crippen MR) is 162 cm³/mol. The number of anilines is 1. The molecule has 0 spiro atoms. The molecule has 1 amide bonds. The standard InChI is InChI=1S/C32H42FN7O3/c1-5-7-15-38-16-13-27-26(20-38)29(10-14-34-27)42-24-11-17-39(18-12-24)30-31(37-36-21-35-30)43-28-9-8-23(33)19-25(28)32(41)40(6-2)22(3)4/h8-10,14,19,21-22,24H,5-7,11-13,15-18,20H2,1-4H3. The zero-order valence-corrected chi connectivity index (χ0v) is 25.6. The number of piperidine rings is 1. The molecular weight excluding hydrogens is 549 g/mol. The zero-order chi connectivity index (χ0) is 30.3. The van der Waals surface area contributed by atoms with Crippen LogP contribution >= 0.6 is 0 Å². The van der Waals surface area contributed by atoms with Gasteiger partial charge in [0.05, 0.1) is 5.56 Å². The van der Waals surface area contributed by atoms with E-state index in [2.05, 4.69) is 36.9 Å². The van der Waals surface area contributed by atoms with Crippen molar-refractivity contribution in [3.63, 3.8) is 0 Å². The molecule has 10 nitrogen and oxygen atoms in total. The number of pyridine rings is 1. The first-order valence-electron chi connectivity index (χ1n) is 15.4. The Morgan fingerprint density at radius 1 is 1.12 bits per heavy atom. The Bertz CT molecular complexity index is 1400. The van der Waals surface area contributed by atoms with Crippen LogP contribution in [0.2, 0.25) is 0 Å². The predicted octanol–water partition coefficient (Wildman–Crippen LogP) is 5.27. The highest BCUT2D eigenvalue weighted by Crippen LogP contribution is 2.34. The average Bonchev–Trinajstić information content (AvgIpc) is 3.02. The Kier molecular flexibility index (Phi) is 10.0. The smallest absolute Gasteiger partial charge is 0.282 e. The summed E-state index contributed by atoms with van der Waals surface area (Å²) in [4.78, 5) is 28.7. The number of carbonyl (C=O) groups excluding carboxylic acids is 1. The second-order valence-corrected chi connectivity index (χ2v) is 11.4. The highest BCUT2D eigenvalue weighted by molar-refractivity contribution is 5.97. The summed E-state index contributed by atoms with van der Waals surface area (Å²) in [5.41, 5.74) is 2.49. The molecule has 1 aromatic carbocycles. The Morgan fingerprint density at radius 2 is 1.93 bits per heavy atom. The molecule has 2 aliphatic heterocycles. The molecule has 0 atom stereocenters. The van der Waals surface area contributed by atoms with Gasteiger partial charge in [0.15, 0.2) is 5.82 Å². The third-order valence-corrected chi connectivity index (χ3v) is 8.19. The number of benzene rings is 1. The normalized spacial score (nSPS) is 15.8. The van der Waals surface area contributed by atoms with Gasteiger partial charge in [0.2, 0.25) is 0 Å². The molecule has 5 rings (SSSR count). The Morgan fingerprint density at radius 3 is 2.67 bits per heavy atom. The number of halogens is 1. The largest absolute Gasteiger partial charge is 0.490 e. The summed E-state index contributed by atoms with van der Waals surface area (Å²) in [6.45, 7) is 12.8. The van der Waals surface area contributed by atoms with Gasteiger partial charge in [-0.2, -0.15) is 0 Å². The van der Waals surface area contributed by atoms with E-state index >= 15 is 0 Å². The topological polar surface area (TPSA) is 96.8 Å². The van der Waals surface area contributed by atoms with Gasteiger partial charge in [-0.25, -0.2) is 9.37 Å². The van der Waals surface area contributed by atoms with E-state index in [1.54, 1.807) is 4.90 Å². The molecule has 0 N–H and O–H groups in total. The fourth-order valence-electron chi connectivity index (χ4n) is 5.82. The minimum Gasteiger partial charge on any atom is -0.490 e. The summed E-state index contributed by atoms with van der Waals surface area (Å²) in [6.07, 6.45) is 8.22. The van der Waals surface area contributed by atoms with Crippen LogP contribution in [0.15, 0.2) is 36.8 Å². The lowest BCUT2D eigenvalue weighted by Gasteiger charge is -2.34. The second-order valence-electron chi connectivity index (χ2n) is 11.4. The minimum absolute atomic E-state index is 0.0523. The number of hydrogen-bond donors (Lipinski definition) is 0. The Hall–Kier alpha value is -3.86. The van der Waals surface area contributed by atoms with Gasteiger partial charge < -0.3 is 19.3 Å². The third kappa shape index (κ3) is 7.21.